The van der Waals surface area contributed by atoms with E-state index < -0.39 is 0 Å². The minimum absolute atomic E-state index is 0.144. The van der Waals surface area contributed by atoms with Gasteiger partial charge in [0.15, 0.2) is 0 Å². The van der Waals surface area contributed by atoms with Gasteiger partial charge in [0.05, 0.1) is 0 Å². The van der Waals surface area contributed by atoms with Crippen LogP contribution in [0.2, 0.25) is 0 Å². The molecule has 1 aliphatic heterocycles. The van der Waals surface area contributed by atoms with Crippen molar-refractivity contribution in [1.29, 1.82) is 0 Å². The average molecular weight is 255 g/mol. The van der Waals surface area contributed by atoms with Crippen LogP contribution in [0.5, 0.6) is 0 Å². The van der Waals surface area contributed by atoms with Gasteiger partial charge in [-0.05, 0) is 17.2 Å². The molecule has 3 heteroatoms. The van der Waals surface area contributed by atoms with Crippen molar-refractivity contribution < 1.29 is 4.79 Å². The second-order valence-electron chi connectivity index (χ2n) is 4.32. The van der Waals surface area contributed by atoms with E-state index in [4.69, 9.17) is 0 Å². The second-order valence-corrected chi connectivity index (χ2v) is 5.42. The Kier molecular flexibility index (Phi) is 3.15. The lowest BCUT2D eigenvalue weighted by Gasteiger charge is -2.03. The van der Waals surface area contributed by atoms with Crippen LogP contribution < -0.4 is 0 Å². The zero-order valence-corrected chi connectivity index (χ0v) is 10.7. The number of rotatable bonds is 2. The van der Waals surface area contributed by atoms with E-state index >= 15 is 0 Å². The van der Waals surface area contributed by atoms with E-state index in [-0.39, 0.29) is 11.2 Å². The maximum atomic E-state index is 11.5. The lowest BCUT2D eigenvalue weighted by Crippen LogP contribution is -2.08. The molecular formula is C15H13NOS. The van der Waals surface area contributed by atoms with Crippen LogP contribution in [0.4, 0.5) is 0 Å². The normalized spacial score (nSPS) is 20.0. The number of fused-ring (bicyclic) bond motifs is 1. The van der Waals surface area contributed by atoms with Crippen LogP contribution >= 0.6 is 11.8 Å². The molecule has 90 valence electrons. The summed E-state index contributed by atoms with van der Waals surface area (Å²) in [5, 5.41) is 2.59. The number of benzene rings is 2. The number of carbonyl (C=O) groups is 1. The third kappa shape index (κ3) is 2.18. The van der Waals surface area contributed by atoms with Gasteiger partial charge < -0.3 is 0 Å². The van der Waals surface area contributed by atoms with E-state index in [1.165, 1.54) is 22.5 Å². The number of aliphatic imine (C=N–C) groups is 1. The number of hydrogen-bond acceptors (Lipinski definition) is 3. The van der Waals surface area contributed by atoms with Gasteiger partial charge in [-0.3, -0.25) is 9.79 Å². The zero-order chi connectivity index (χ0) is 12.4. The van der Waals surface area contributed by atoms with Crippen molar-refractivity contribution in [3.05, 3.63) is 48.0 Å². The first-order valence-corrected chi connectivity index (χ1v) is 7.01. The molecule has 1 fully saturated rings. The predicted molar refractivity (Wildman–Crippen MR) is 77.4 cm³/mol. The summed E-state index contributed by atoms with van der Waals surface area (Å²) in [6, 6.07) is 14.2. The summed E-state index contributed by atoms with van der Waals surface area (Å²) in [4.78, 5) is 15.9. The average Bonchev–Trinajstić information content (AvgIpc) is 2.82. The fraction of sp³-hybridized carbons (Fsp3) is 0.200. The van der Waals surface area contributed by atoms with Gasteiger partial charge >= 0.3 is 0 Å². The third-order valence-corrected chi connectivity index (χ3v) is 4.12. The van der Waals surface area contributed by atoms with Crippen molar-refractivity contribution in [1.82, 2.24) is 0 Å². The van der Waals surface area contributed by atoms with Gasteiger partial charge in [-0.15, -0.1) is 0 Å². The van der Waals surface area contributed by atoms with Crippen molar-refractivity contribution in [2.24, 2.45) is 4.99 Å². The van der Waals surface area contributed by atoms with E-state index in [0.717, 1.165) is 17.7 Å². The number of nitrogens with zero attached hydrogens (tertiary/aromatic N) is 1. The first-order valence-electron chi connectivity index (χ1n) is 6.02. The Bertz CT molecular complexity index is 615. The summed E-state index contributed by atoms with van der Waals surface area (Å²) >= 11 is 1.39. The summed E-state index contributed by atoms with van der Waals surface area (Å²) in [6.07, 6.45) is 2.71. The molecule has 1 heterocycles. The largest absolute Gasteiger partial charge is 0.285 e. The van der Waals surface area contributed by atoms with Crippen LogP contribution in [0, 0.1) is 0 Å². The fourth-order valence-corrected chi connectivity index (χ4v) is 3.07. The molecule has 1 unspecified atom stereocenters. The molecule has 18 heavy (non-hydrogen) atoms. The smallest absolute Gasteiger partial charge is 0.213 e. The molecule has 3 rings (SSSR count). The predicted octanol–water partition coefficient (Wildman–Crippen LogP) is 3.29. The van der Waals surface area contributed by atoms with E-state index in [1.807, 2.05) is 30.5 Å². The maximum absolute atomic E-state index is 11.5. The summed E-state index contributed by atoms with van der Waals surface area (Å²) in [7, 11) is 0. The van der Waals surface area contributed by atoms with E-state index in [9.17, 15) is 4.79 Å². The molecule has 2 nitrogen and oxygen atoms in total. The van der Waals surface area contributed by atoms with Gasteiger partial charge in [-0.25, -0.2) is 0 Å². The van der Waals surface area contributed by atoms with Crippen LogP contribution in [0.1, 0.15) is 12.0 Å². The Morgan fingerprint density at radius 2 is 2.00 bits per heavy atom. The van der Waals surface area contributed by atoms with Crippen molar-refractivity contribution in [2.45, 2.75) is 12.5 Å². The molecule has 0 saturated carbocycles. The highest BCUT2D eigenvalue weighted by Gasteiger charge is 2.23. The van der Waals surface area contributed by atoms with Gasteiger partial charge in [0.2, 0.25) is 5.12 Å². The summed E-state index contributed by atoms with van der Waals surface area (Å²) in [6.45, 7) is 0. The zero-order valence-electron chi connectivity index (χ0n) is 9.87. The Balaban J connectivity index is 1.95. The Morgan fingerprint density at radius 1 is 1.17 bits per heavy atom. The lowest BCUT2D eigenvalue weighted by molar-refractivity contribution is -0.111. The SMILES string of the molecule is O=C1SCCC1N=Cc1cccc2ccccc12. The first kappa shape index (κ1) is 11.5. The number of carbonyl (C=O) groups excluding carboxylic acids is 1. The summed E-state index contributed by atoms with van der Waals surface area (Å²) in [5.41, 5.74) is 1.08. The summed E-state index contributed by atoms with van der Waals surface area (Å²) in [5.74, 6) is 0.899. The Morgan fingerprint density at radius 3 is 2.83 bits per heavy atom. The highest BCUT2D eigenvalue weighted by atomic mass is 32.2. The standard InChI is InChI=1S/C15H13NOS/c17-15-14(8-9-18-15)16-10-12-6-3-5-11-4-1-2-7-13(11)12/h1-7,10,14H,8-9H2. The molecule has 0 amide bonds. The monoisotopic (exact) mass is 255 g/mol. The van der Waals surface area contributed by atoms with E-state index in [1.54, 1.807) is 0 Å². The van der Waals surface area contributed by atoms with Crippen LogP contribution in [0.3, 0.4) is 0 Å². The van der Waals surface area contributed by atoms with Crippen LogP contribution in [-0.4, -0.2) is 23.1 Å². The highest BCUT2D eigenvalue weighted by molar-refractivity contribution is 8.14. The molecular weight excluding hydrogens is 242 g/mol. The molecule has 0 aromatic heterocycles. The summed E-state index contributed by atoms with van der Waals surface area (Å²) < 4.78 is 0. The topological polar surface area (TPSA) is 29.4 Å². The molecule has 2 aromatic rings. The highest BCUT2D eigenvalue weighted by Crippen LogP contribution is 2.23. The Labute approximate surface area is 110 Å². The molecule has 1 atom stereocenters. The van der Waals surface area contributed by atoms with Crippen molar-refractivity contribution in [3.8, 4) is 0 Å². The molecule has 0 bridgehead atoms. The van der Waals surface area contributed by atoms with E-state index in [2.05, 4.69) is 23.2 Å². The van der Waals surface area contributed by atoms with Crippen molar-refractivity contribution in [3.63, 3.8) is 0 Å². The third-order valence-electron chi connectivity index (χ3n) is 3.12. The van der Waals surface area contributed by atoms with Gasteiger partial charge in [0.1, 0.15) is 6.04 Å². The molecule has 2 aromatic carbocycles. The van der Waals surface area contributed by atoms with Gasteiger partial charge in [0, 0.05) is 17.5 Å². The molecule has 1 saturated heterocycles. The lowest BCUT2D eigenvalue weighted by atomic mass is 10.1. The van der Waals surface area contributed by atoms with E-state index in [0.29, 0.717) is 0 Å². The van der Waals surface area contributed by atoms with Crippen LogP contribution in [0.25, 0.3) is 10.8 Å². The first-order chi connectivity index (χ1) is 8.84. The van der Waals surface area contributed by atoms with Crippen LogP contribution in [-0.2, 0) is 4.79 Å². The van der Waals surface area contributed by atoms with Crippen molar-refractivity contribution >= 4 is 33.9 Å². The van der Waals surface area contributed by atoms with Gasteiger partial charge in [-0.1, -0.05) is 54.2 Å². The van der Waals surface area contributed by atoms with Gasteiger partial charge in [-0.2, -0.15) is 0 Å². The molecule has 0 aliphatic carbocycles. The molecule has 1 aliphatic rings. The molecule has 0 spiro atoms. The van der Waals surface area contributed by atoms with Crippen molar-refractivity contribution in [2.75, 3.05) is 5.75 Å². The minimum Gasteiger partial charge on any atom is -0.285 e. The molecule has 0 radical (unpaired) electrons. The number of thioether (sulfide) groups is 1. The van der Waals surface area contributed by atoms with Gasteiger partial charge in [0.25, 0.3) is 0 Å². The quantitative estimate of drug-likeness (QED) is 0.771. The molecule has 0 N–H and O–H groups in total. The maximum Gasteiger partial charge on any atom is 0.213 e. The minimum atomic E-state index is -0.144. The fourth-order valence-electron chi connectivity index (χ4n) is 2.15. The Hall–Kier alpha value is -1.61. The number of hydrogen-bond donors (Lipinski definition) is 0. The second kappa shape index (κ2) is 4.94. The van der Waals surface area contributed by atoms with Crippen LogP contribution in [0.15, 0.2) is 47.5 Å².